The van der Waals surface area contributed by atoms with Crippen molar-refractivity contribution in [1.29, 1.82) is 0 Å². The fourth-order valence-electron chi connectivity index (χ4n) is 2.02. The zero-order chi connectivity index (χ0) is 13.5. The minimum absolute atomic E-state index is 0.0539. The third-order valence-corrected chi connectivity index (χ3v) is 2.91. The molecule has 0 saturated carbocycles. The summed E-state index contributed by atoms with van der Waals surface area (Å²) in [5.74, 6) is -0.180. The van der Waals surface area contributed by atoms with E-state index in [0.717, 1.165) is 18.8 Å². The number of likely N-dealkylation sites (N-methyl/N-ethyl adjacent to an activating group) is 1. The molecule has 1 aromatic carbocycles. The van der Waals surface area contributed by atoms with Crippen LogP contribution in [0.25, 0.3) is 0 Å². The standard InChI is InChI=1S/C14H23FN2O/c1-4-17(8-9-18-3)14-7-5-6-13(15)12(14)10-11(2)16/h5-7,11H,4,8-10,16H2,1-3H3. The lowest BCUT2D eigenvalue weighted by atomic mass is 10.0. The first-order valence-corrected chi connectivity index (χ1v) is 6.37. The molecule has 0 amide bonds. The molecule has 3 nitrogen and oxygen atoms in total. The largest absolute Gasteiger partial charge is 0.383 e. The second-order valence-corrected chi connectivity index (χ2v) is 4.49. The maximum absolute atomic E-state index is 13.9. The maximum Gasteiger partial charge on any atom is 0.128 e. The molecule has 0 aliphatic heterocycles. The average Bonchev–Trinajstić information content (AvgIpc) is 2.33. The smallest absolute Gasteiger partial charge is 0.128 e. The molecule has 1 unspecified atom stereocenters. The van der Waals surface area contributed by atoms with E-state index in [2.05, 4.69) is 11.8 Å². The summed E-state index contributed by atoms with van der Waals surface area (Å²) in [6.45, 7) is 6.14. The Bertz CT molecular complexity index is 369. The number of hydrogen-bond donors (Lipinski definition) is 1. The van der Waals surface area contributed by atoms with Crippen molar-refractivity contribution in [2.24, 2.45) is 5.73 Å². The first kappa shape index (κ1) is 14.9. The summed E-state index contributed by atoms with van der Waals surface area (Å²) >= 11 is 0. The van der Waals surface area contributed by atoms with E-state index in [1.54, 1.807) is 13.2 Å². The molecule has 0 aliphatic rings. The van der Waals surface area contributed by atoms with Crippen LogP contribution in [0.5, 0.6) is 0 Å². The van der Waals surface area contributed by atoms with Crippen molar-refractivity contribution in [1.82, 2.24) is 0 Å². The van der Waals surface area contributed by atoms with E-state index in [1.807, 2.05) is 13.0 Å². The van der Waals surface area contributed by atoms with Crippen molar-refractivity contribution < 1.29 is 9.13 Å². The van der Waals surface area contributed by atoms with Gasteiger partial charge < -0.3 is 15.4 Å². The quantitative estimate of drug-likeness (QED) is 0.810. The molecule has 4 heteroatoms. The second kappa shape index (κ2) is 7.34. The predicted molar refractivity (Wildman–Crippen MR) is 73.5 cm³/mol. The van der Waals surface area contributed by atoms with Crippen LogP contribution in [0, 0.1) is 5.82 Å². The summed E-state index contributed by atoms with van der Waals surface area (Å²) in [4.78, 5) is 2.12. The van der Waals surface area contributed by atoms with E-state index in [0.29, 0.717) is 18.6 Å². The lowest BCUT2D eigenvalue weighted by Crippen LogP contribution is -2.29. The first-order valence-electron chi connectivity index (χ1n) is 6.37. The molecule has 0 bridgehead atoms. The van der Waals surface area contributed by atoms with Crippen molar-refractivity contribution in [3.8, 4) is 0 Å². The number of nitrogens with zero attached hydrogens (tertiary/aromatic N) is 1. The molecule has 0 heterocycles. The highest BCUT2D eigenvalue weighted by molar-refractivity contribution is 5.54. The van der Waals surface area contributed by atoms with Gasteiger partial charge in [0.15, 0.2) is 0 Å². The van der Waals surface area contributed by atoms with Gasteiger partial charge in [-0.1, -0.05) is 6.07 Å². The third-order valence-electron chi connectivity index (χ3n) is 2.91. The van der Waals surface area contributed by atoms with E-state index in [1.165, 1.54) is 6.07 Å². The highest BCUT2D eigenvalue weighted by Gasteiger charge is 2.14. The molecule has 0 saturated heterocycles. The zero-order valence-electron chi connectivity index (χ0n) is 11.4. The number of methoxy groups -OCH3 is 1. The van der Waals surface area contributed by atoms with Crippen LogP contribution in [0.15, 0.2) is 18.2 Å². The summed E-state index contributed by atoms with van der Waals surface area (Å²) < 4.78 is 19.0. The Labute approximate surface area is 109 Å². The molecule has 1 atom stereocenters. The van der Waals surface area contributed by atoms with Crippen molar-refractivity contribution in [3.63, 3.8) is 0 Å². The molecular formula is C14H23FN2O. The number of rotatable bonds is 7. The summed E-state index contributed by atoms with van der Waals surface area (Å²) in [6, 6.07) is 5.12. The number of benzene rings is 1. The topological polar surface area (TPSA) is 38.5 Å². The summed E-state index contributed by atoms with van der Waals surface area (Å²) in [7, 11) is 1.67. The van der Waals surface area contributed by atoms with Gasteiger partial charge in [-0.15, -0.1) is 0 Å². The first-order chi connectivity index (χ1) is 8.60. The average molecular weight is 254 g/mol. The van der Waals surface area contributed by atoms with Gasteiger partial charge >= 0.3 is 0 Å². The minimum Gasteiger partial charge on any atom is -0.383 e. The highest BCUT2D eigenvalue weighted by atomic mass is 19.1. The molecule has 2 N–H and O–H groups in total. The Hall–Kier alpha value is -1.13. The van der Waals surface area contributed by atoms with Crippen molar-refractivity contribution >= 4 is 5.69 Å². The van der Waals surface area contributed by atoms with Gasteiger partial charge in [-0.3, -0.25) is 0 Å². The van der Waals surface area contributed by atoms with Gasteiger partial charge in [0.25, 0.3) is 0 Å². The monoisotopic (exact) mass is 254 g/mol. The van der Waals surface area contributed by atoms with Crippen LogP contribution in [0.4, 0.5) is 10.1 Å². The van der Waals surface area contributed by atoms with Gasteiger partial charge in [-0.05, 0) is 32.4 Å². The normalized spacial score (nSPS) is 12.5. The minimum atomic E-state index is -0.180. The molecule has 0 spiro atoms. The second-order valence-electron chi connectivity index (χ2n) is 4.49. The van der Waals surface area contributed by atoms with Crippen LogP contribution in [0.2, 0.25) is 0 Å². The third kappa shape index (κ3) is 3.96. The summed E-state index contributed by atoms with van der Waals surface area (Å²) in [5.41, 5.74) is 7.42. The van der Waals surface area contributed by atoms with Crippen LogP contribution in [-0.4, -0.2) is 32.8 Å². The SMILES string of the molecule is CCN(CCOC)c1cccc(F)c1CC(C)N. The summed E-state index contributed by atoms with van der Waals surface area (Å²) in [5, 5.41) is 0. The molecule has 0 radical (unpaired) electrons. The highest BCUT2D eigenvalue weighted by Crippen LogP contribution is 2.24. The van der Waals surface area contributed by atoms with Gasteiger partial charge in [0.05, 0.1) is 6.61 Å². The molecular weight excluding hydrogens is 231 g/mol. The Morgan fingerprint density at radius 3 is 2.72 bits per heavy atom. The number of ether oxygens (including phenoxy) is 1. The van der Waals surface area contributed by atoms with Crippen LogP contribution >= 0.6 is 0 Å². The number of hydrogen-bond acceptors (Lipinski definition) is 3. The zero-order valence-corrected chi connectivity index (χ0v) is 11.4. The van der Waals surface area contributed by atoms with E-state index < -0.39 is 0 Å². The van der Waals surface area contributed by atoms with E-state index >= 15 is 0 Å². The molecule has 0 aliphatic carbocycles. The lowest BCUT2D eigenvalue weighted by Gasteiger charge is -2.26. The molecule has 1 aromatic rings. The number of anilines is 1. The van der Waals surface area contributed by atoms with Gasteiger partial charge in [0, 0.05) is 37.5 Å². The van der Waals surface area contributed by atoms with Gasteiger partial charge in [-0.2, -0.15) is 0 Å². The van der Waals surface area contributed by atoms with Crippen LogP contribution in [0.3, 0.4) is 0 Å². The van der Waals surface area contributed by atoms with Crippen molar-refractivity contribution in [3.05, 3.63) is 29.6 Å². The predicted octanol–water partition coefficient (Wildman–Crippen LogP) is 2.19. The molecule has 0 aromatic heterocycles. The number of halogens is 1. The maximum atomic E-state index is 13.9. The fraction of sp³-hybridized carbons (Fsp3) is 0.571. The Balaban J connectivity index is 3.00. The van der Waals surface area contributed by atoms with Gasteiger partial charge in [0.1, 0.15) is 5.82 Å². The van der Waals surface area contributed by atoms with Crippen LogP contribution in [-0.2, 0) is 11.2 Å². The van der Waals surface area contributed by atoms with Crippen molar-refractivity contribution in [2.45, 2.75) is 26.3 Å². The van der Waals surface area contributed by atoms with Crippen LogP contribution < -0.4 is 10.6 Å². The van der Waals surface area contributed by atoms with E-state index in [-0.39, 0.29) is 11.9 Å². The lowest BCUT2D eigenvalue weighted by molar-refractivity contribution is 0.205. The molecule has 0 fully saturated rings. The molecule has 18 heavy (non-hydrogen) atoms. The molecule has 1 rings (SSSR count). The Morgan fingerprint density at radius 1 is 1.44 bits per heavy atom. The van der Waals surface area contributed by atoms with Gasteiger partial charge in [-0.25, -0.2) is 4.39 Å². The summed E-state index contributed by atoms with van der Waals surface area (Å²) in [6.07, 6.45) is 0.547. The number of nitrogens with two attached hydrogens (primary N) is 1. The van der Waals surface area contributed by atoms with Crippen LogP contribution in [0.1, 0.15) is 19.4 Å². The Morgan fingerprint density at radius 2 is 2.17 bits per heavy atom. The van der Waals surface area contributed by atoms with E-state index in [9.17, 15) is 4.39 Å². The fourth-order valence-corrected chi connectivity index (χ4v) is 2.02. The van der Waals surface area contributed by atoms with Crippen molar-refractivity contribution in [2.75, 3.05) is 31.7 Å². The van der Waals surface area contributed by atoms with Gasteiger partial charge in [0.2, 0.25) is 0 Å². The Kier molecular flexibility index (Phi) is 6.09. The molecule has 102 valence electrons. The van der Waals surface area contributed by atoms with E-state index in [4.69, 9.17) is 10.5 Å².